The van der Waals surface area contributed by atoms with Crippen LogP contribution in [0.2, 0.25) is 0 Å². The van der Waals surface area contributed by atoms with Crippen molar-refractivity contribution in [3.63, 3.8) is 0 Å². The number of carbonyl (C=O) groups is 3. The number of Topliss-reactive ketones (excluding diaryl/α,β-unsaturated/α-hetero) is 1. The molecule has 1 rings (SSSR count). The molecule has 0 aromatic heterocycles. The van der Waals surface area contributed by atoms with Gasteiger partial charge in [-0.25, -0.2) is 0 Å². The highest BCUT2D eigenvalue weighted by Crippen LogP contribution is 2.16. The predicted molar refractivity (Wildman–Crippen MR) is 93.8 cm³/mol. The van der Waals surface area contributed by atoms with E-state index in [1.165, 1.54) is 18.2 Å². The molecule has 0 aliphatic heterocycles. The SMILES string of the molecule is CCCOCC(=O)Nc1cccc([N+](=O)[O-])c1.NCC(=O)CCC(=O)O. The first kappa shape index (κ1) is 23.1. The maximum Gasteiger partial charge on any atom is 0.303 e. The summed E-state index contributed by atoms with van der Waals surface area (Å²) in [6.07, 6.45) is 0.770. The number of carbonyl (C=O) groups excluding carboxylic acids is 2. The lowest BCUT2D eigenvalue weighted by molar-refractivity contribution is -0.384. The Morgan fingerprint density at radius 2 is 2.00 bits per heavy atom. The van der Waals surface area contributed by atoms with E-state index in [0.29, 0.717) is 12.3 Å². The first-order valence-corrected chi connectivity index (χ1v) is 7.85. The van der Waals surface area contributed by atoms with Gasteiger partial charge in [0.25, 0.3) is 5.69 Å². The van der Waals surface area contributed by atoms with Crippen LogP contribution in [0.15, 0.2) is 24.3 Å². The zero-order valence-electron chi connectivity index (χ0n) is 14.5. The fourth-order valence-corrected chi connectivity index (χ4v) is 1.55. The van der Waals surface area contributed by atoms with E-state index in [1.807, 2.05) is 6.92 Å². The Kier molecular flexibility index (Phi) is 12.0. The molecule has 10 heteroatoms. The molecule has 144 valence electrons. The number of hydrogen-bond acceptors (Lipinski definition) is 7. The monoisotopic (exact) mass is 369 g/mol. The van der Waals surface area contributed by atoms with Crippen LogP contribution in [0.5, 0.6) is 0 Å². The summed E-state index contributed by atoms with van der Waals surface area (Å²) < 4.78 is 5.05. The van der Waals surface area contributed by atoms with Gasteiger partial charge in [-0.05, 0) is 12.5 Å². The molecule has 0 saturated heterocycles. The molecule has 1 aromatic rings. The molecule has 0 fully saturated rings. The molecule has 1 aromatic carbocycles. The molecular formula is C16H23N3O7. The van der Waals surface area contributed by atoms with E-state index in [9.17, 15) is 24.5 Å². The fourth-order valence-electron chi connectivity index (χ4n) is 1.55. The Morgan fingerprint density at radius 1 is 1.31 bits per heavy atom. The third-order valence-corrected chi connectivity index (χ3v) is 2.77. The van der Waals surface area contributed by atoms with Gasteiger partial charge < -0.3 is 20.9 Å². The van der Waals surface area contributed by atoms with Gasteiger partial charge in [-0.1, -0.05) is 13.0 Å². The second kappa shape index (κ2) is 13.4. The number of aliphatic carboxylic acids is 1. The summed E-state index contributed by atoms with van der Waals surface area (Å²) in [5.74, 6) is -1.49. The number of carboxylic acid groups (broad SMARTS) is 1. The van der Waals surface area contributed by atoms with Crippen molar-refractivity contribution in [3.05, 3.63) is 34.4 Å². The normalized spacial score (nSPS) is 9.62. The van der Waals surface area contributed by atoms with Crippen LogP contribution in [-0.4, -0.2) is 47.4 Å². The summed E-state index contributed by atoms with van der Waals surface area (Å²) in [6.45, 7) is 2.35. The van der Waals surface area contributed by atoms with Gasteiger partial charge in [0.2, 0.25) is 5.91 Å². The highest BCUT2D eigenvalue weighted by atomic mass is 16.6. The van der Waals surface area contributed by atoms with Gasteiger partial charge in [-0.15, -0.1) is 0 Å². The highest BCUT2D eigenvalue weighted by molar-refractivity contribution is 5.92. The Labute approximate surface area is 150 Å². The van der Waals surface area contributed by atoms with Crippen LogP contribution in [0, 0.1) is 10.1 Å². The van der Waals surface area contributed by atoms with Crippen LogP contribution < -0.4 is 11.1 Å². The first-order valence-electron chi connectivity index (χ1n) is 7.85. The minimum atomic E-state index is -0.961. The molecule has 1 amide bonds. The molecule has 0 bridgehead atoms. The maximum absolute atomic E-state index is 11.4. The lowest BCUT2D eigenvalue weighted by Gasteiger charge is -2.05. The molecule has 4 N–H and O–H groups in total. The lowest BCUT2D eigenvalue weighted by atomic mass is 10.2. The van der Waals surface area contributed by atoms with Crippen LogP contribution in [0.3, 0.4) is 0 Å². The average Bonchev–Trinajstić information content (AvgIpc) is 2.60. The van der Waals surface area contributed by atoms with Crippen LogP contribution in [-0.2, 0) is 19.1 Å². The minimum absolute atomic E-state index is 0.0451. The largest absolute Gasteiger partial charge is 0.481 e. The van der Waals surface area contributed by atoms with Crippen molar-refractivity contribution >= 4 is 29.0 Å². The maximum atomic E-state index is 11.4. The molecule has 0 saturated carbocycles. The van der Waals surface area contributed by atoms with Gasteiger partial charge in [-0.2, -0.15) is 0 Å². The van der Waals surface area contributed by atoms with E-state index in [-0.39, 0.29) is 43.4 Å². The highest BCUT2D eigenvalue weighted by Gasteiger charge is 2.08. The van der Waals surface area contributed by atoms with E-state index in [2.05, 4.69) is 5.32 Å². The van der Waals surface area contributed by atoms with E-state index < -0.39 is 10.9 Å². The Hall–Kier alpha value is -2.85. The van der Waals surface area contributed by atoms with Crippen molar-refractivity contribution < 1.29 is 29.2 Å². The molecule has 0 aliphatic carbocycles. The van der Waals surface area contributed by atoms with Gasteiger partial charge in [0.1, 0.15) is 12.4 Å². The standard InChI is InChI=1S/C11H14N2O4.C5H9NO3/c1-2-6-17-8-11(14)12-9-4-3-5-10(7-9)13(15)16;6-3-4(7)1-2-5(8)9/h3-5,7H,2,6,8H2,1H3,(H,12,14);1-3,6H2,(H,8,9). The second-order valence-electron chi connectivity index (χ2n) is 5.04. The summed E-state index contributed by atoms with van der Waals surface area (Å²) in [5, 5.41) is 21.1. The quantitative estimate of drug-likeness (QED) is 0.316. The summed E-state index contributed by atoms with van der Waals surface area (Å²) in [7, 11) is 0. The number of carboxylic acids is 1. The molecule has 10 nitrogen and oxygen atoms in total. The van der Waals surface area contributed by atoms with Gasteiger partial charge in [0.05, 0.1) is 17.9 Å². The number of ether oxygens (including phenoxy) is 1. The van der Waals surface area contributed by atoms with Crippen molar-refractivity contribution in [1.29, 1.82) is 0 Å². The summed E-state index contributed by atoms with van der Waals surface area (Å²) in [5.41, 5.74) is 5.25. The number of rotatable bonds is 10. The van der Waals surface area contributed by atoms with E-state index in [1.54, 1.807) is 6.07 Å². The molecular weight excluding hydrogens is 346 g/mol. The average molecular weight is 369 g/mol. The molecule has 0 atom stereocenters. The number of ketones is 1. The number of nitrogens with zero attached hydrogens (tertiary/aromatic N) is 1. The number of hydrogen-bond donors (Lipinski definition) is 3. The molecule has 0 heterocycles. The van der Waals surface area contributed by atoms with E-state index >= 15 is 0 Å². The summed E-state index contributed by atoms with van der Waals surface area (Å²) in [4.78, 5) is 41.5. The van der Waals surface area contributed by atoms with Crippen LogP contribution in [0.1, 0.15) is 26.2 Å². The number of amides is 1. The summed E-state index contributed by atoms with van der Waals surface area (Å²) in [6, 6.07) is 5.77. The van der Waals surface area contributed by atoms with Crippen LogP contribution >= 0.6 is 0 Å². The molecule has 0 unspecified atom stereocenters. The number of non-ortho nitro benzene ring substituents is 1. The second-order valence-corrected chi connectivity index (χ2v) is 5.04. The minimum Gasteiger partial charge on any atom is -0.481 e. The third-order valence-electron chi connectivity index (χ3n) is 2.77. The van der Waals surface area contributed by atoms with Crippen LogP contribution in [0.4, 0.5) is 11.4 Å². The van der Waals surface area contributed by atoms with E-state index in [4.69, 9.17) is 15.6 Å². The Balaban J connectivity index is 0.000000590. The smallest absolute Gasteiger partial charge is 0.303 e. The van der Waals surface area contributed by atoms with E-state index in [0.717, 1.165) is 6.42 Å². The topological polar surface area (TPSA) is 162 Å². The Bertz CT molecular complexity index is 620. The molecule has 0 spiro atoms. The zero-order chi connectivity index (χ0) is 19.9. The number of nitrogens with two attached hydrogens (primary N) is 1. The van der Waals surface area contributed by atoms with Crippen molar-refractivity contribution in [2.75, 3.05) is 25.1 Å². The van der Waals surface area contributed by atoms with Gasteiger partial charge in [0.15, 0.2) is 0 Å². The number of nitrogens with one attached hydrogen (secondary N) is 1. The number of benzene rings is 1. The third kappa shape index (κ3) is 11.6. The van der Waals surface area contributed by atoms with Crippen molar-refractivity contribution in [1.82, 2.24) is 0 Å². The van der Waals surface area contributed by atoms with Gasteiger partial charge >= 0.3 is 5.97 Å². The summed E-state index contributed by atoms with van der Waals surface area (Å²) >= 11 is 0. The number of nitro benzene ring substituents is 1. The van der Waals surface area contributed by atoms with Crippen molar-refractivity contribution in [2.24, 2.45) is 5.73 Å². The van der Waals surface area contributed by atoms with Crippen LogP contribution in [0.25, 0.3) is 0 Å². The van der Waals surface area contributed by atoms with Gasteiger partial charge in [0, 0.05) is 30.8 Å². The number of nitro groups is 1. The van der Waals surface area contributed by atoms with Crippen molar-refractivity contribution in [2.45, 2.75) is 26.2 Å². The molecule has 0 radical (unpaired) electrons. The predicted octanol–water partition coefficient (Wildman–Crippen LogP) is 1.34. The molecule has 0 aliphatic rings. The fraction of sp³-hybridized carbons (Fsp3) is 0.438. The van der Waals surface area contributed by atoms with Crippen molar-refractivity contribution in [3.8, 4) is 0 Å². The Morgan fingerprint density at radius 3 is 2.54 bits per heavy atom. The lowest BCUT2D eigenvalue weighted by Crippen LogP contribution is -2.18. The zero-order valence-corrected chi connectivity index (χ0v) is 14.5. The molecule has 26 heavy (non-hydrogen) atoms. The van der Waals surface area contributed by atoms with Gasteiger partial charge in [-0.3, -0.25) is 24.5 Å². The number of anilines is 1. The first-order chi connectivity index (χ1) is 12.3.